The Balaban J connectivity index is 2.12. The Morgan fingerprint density at radius 2 is 1.95 bits per heavy atom. The van der Waals surface area contributed by atoms with Crippen molar-refractivity contribution in [2.24, 2.45) is 0 Å². The first kappa shape index (κ1) is 13.6. The lowest BCUT2D eigenvalue weighted by molar-refractivity contribution is 0.628. The van der Waals surface area contributed by atoms with E-state index in [9.17, 15) is 4.39 Å². The van der Waals surface area contributed by atoms with Gasteiger partial charge in [0.15, 0.2) is 11.5 Å². The Bertz CT molecular complexity index is 782. The molecule has 8 heteroatoms. The highest BCUT2D eigenvalue weighted by molar-refractivity contribution is 9.10. The fourth-order valence-electron chi connectivity index (χ4n) is 1.76. The first-order chi connectivity index (χ1) is 9.54. The molecule has 0 unspecified atom stereocenters. The topological polar surface area (TPSA) is 42.2 Å². The van der Waals surface area contributed by atoms with Crippen LogP contribution in [0.25, 0.3) is 5.65 Å². The maximum absolute atomic E-state index is 13.2. The first-order valence-electron chi connectivity index (χ1n) is 5.45. The molecule has 0 atom stereocenters. The average Bonchev–Trinajstić information content (AvgIpc) is 2.81. The lowest BCUT2D eigenvalue weighted by Gasteiger charge is -2.11. The molecule has 4 nitrogen and oxygen atoms in total. The van der Waals surface area contributed by atoms with Gasteiger partial charge >= 0.3 is 0 Å². The van der Waals surface area contributed by atoms with E-state index in [0.29, 0.717) is 21.8 Å². The Kier molecular flexibility index (Phi) is 3.54. The van der Waals surface area contributed by atoms with E-state index in [4.69, 9.17) is 23.2 Å². The molecule has 0 spiro atoms. The molecule has 1 aromatic carbocycles. The van der Waals surface area contributed by atoms with Crippen LogP contribution in [0.5, 0.6) is 0 Å². The number of imidazole rings is 1. The molecule has 0 aliphatic rings. The molecule has 0 aliphatic heterocycles. The normalized spacial score (nSPS) is 11.0. The van der Waals surface area contributed by atoms with E-state index in [-0.39, 0.29) is 10.0 Å². The van der Waals surface area contributed by atoms with Crippen molar-refractivity contribution in [1.82, 2.24) is 14.4 Å². The number of fused-ring (bicyclic) bond motifs is 1. The number of benzene rings is 1. The van der Waals surface area contributed by atoms with E-state index >= 15 is 0 Å². The highest BCUT2D eigenvalue weighted by atomic mass is 79.9. The largest absolute Gasteiger partial charge is 0.335 e. The highest BCUT2D eigenvalue weighted by Gasteiger charge is 2.13. The van der Waals surface area contributed by atoms with Crippen LogP contribution < -0.4 is 5.32 Å². The molecule has 0 radical (unpaired) electrons. The smallest absolute Gasteiger partial charge is 0.180 e. The maximum atomic E-state index is 13.2. The summed E-state index contributed by atoms with van der Waals surface area (Å²) in [5.74, 6) is -0.0431. The molecule has 3 aromatic rings. The summed E-state index contributed by atoms with van der Waals surface area (Å²) in [6.07, 6.45) is 5.19. The summed E-state index contributed by atoms with van der Waals surface area (Å²) in [6, 6.07) is 2.35. The van der Waals surface area contributed by atoms with Gasteiger partial charge in [0, 0.05) is 18.6 Å². The Morgan fingerprint density at radius 3 is 2.65 bits per heavy atom. The van der Waals surface area contributed by atoms with E-state index in [1.165, 1.54) is 12.1 Å². The number of rotatable bonds is 2. The zero-order valence-corrected chi connectivity index (χ0v) is 12.8. The second-order valence-electron chi connectivity index (χ2n) is 3.94. The minimum absolute atomic E-state index is 0.168. The van der Waals surface area contributed by atoms with Gasteiger partial charge in [-0.3, -0.25) is 0 Å². The lowest BCUT2D eigenvalue weighted by Crippen LogP contribution is -2.00. The first-order valence-corrected chi connectivity index (χ1v) is 7.00. The van der Waals surface area contributed by atoms with Gasteiger partial charge in [0.1, 0.15) is 10.4 Å². The monoisotopic (exact) mass is 374 g/mol. The van der Waals surface area contributed by atoms with Crippen LogP contribution in [-0.4, -0.2) is 14.4 Å². The van der Waals surface area contributed by atoms with Crippen molar-refractivity contribution in [1.29, 1.82) is 0 Å². The van der Waals surface area contributed by atoms with Gasteiger partial charge in [0.2, 0.25) is 0 Å². The molecule has 3 rings (SSSR count). The van der Waals surface area contributed by atoms with Crippen LogP contribution in [0.3, 0.4) is 0 Å². The summed E-state index contributed by atoms with van der Waals surface area (Å²) in [4.78, 5) is 8.47. The van der Waals surface area contributed by atoms with Crippen molar-refractivity contribution in [3.63, 3.8) is 0 Å². The second-order valence-corrected chi connectivity index (χ2v) is 5.57. The predicted octanol–water partition coefficient (Wildman–Crippen LogP) is 4.68. The van der Waals surface area contributed by atoms with Gasteiger partial charge in [-0.25, -0.2) is 14.4 Å². The number of anilines is 2. The van der Waals surface area contributed by atoms with E-state index in [1.54, 1.807) is 23.0 Å². The van der Waals surface area contributed by atoms with E-state index < -0.39 is 5.82 Å². The summed E-state index contributed by atoms with van der Waals surface area (Å²) in [5, 5.41) is 3.32. The van der Waals surface area contributed by atoms with E-state index in [0.717, 1.165) is 0 Å². The van der Waals surface area contributed by atoms with Crippen molar-refractivity contribution in [3.8, 4) is 0 Å². The van der Waals surface area contributed by atoms with Crippen LogP contribution in [-0.2, 0) is 0 Å². The third-order valence-corrected chi connectivity index (χ3v) is 3.57. The van der Waals surface area contributed by atoms with Gasteiger partial charge in [0.25, 0.3) is 0 Å². The lowest BCUT2D eigenvalue weighted by atomic mass is 10.3. The van der Waals surface area contributed by atoms with Gasteiger partial charge in [0.05, 0.1) is 15.7 Å². The number of nitrogens with one attached hydrogen (secondary N) is 1. The van der Waals surface area contributed by atoms with Gasteiger partial charge < -0.3 is 9.72 Å². The molecule has 2 heterocycles. The third kappa shape index (κ3) is 2.46. The van der Waals surface area contributed by atoms with E-state index in [2.05, 4.69) is 31.2 Å². The van der Waals surface area contributed by atoms with Crippen molar-refractivity contribution in [2.75, 3.05) is 5.32 Å². The van der Waals surface area contributed by atoms with Crippen molar-refractivity contribution >= 4 is 56.3 Å². The molecule has 1 N–H and O–H groups in total. The number of hydrogen-bond acceptors (Lipinski definition) is 3. The second kappa shape index (κ2) is 5.20. The van der Waals surface area contributed by atoms with Crippen LogP contribution in [0.4, 0.5) is 15.9 Å². The summed E-state index contributed by atoms with van der Waals surface area (Å²) >= 11 is 15.3. The Labute approximate surface area is 131 Å². The van der Waals surface area contributed by atoms with Crippen molar-refractivity contribution < 1.29 is 4.39 Å². The zero-order valence-electron chi connectivity index (χ0n) is 9.74. The summed E-state index contributed by atoms with van der Waals surface area (Å²) in [5.41, 5.74) is 0.981. The van der Waals surface area contributed by atoms with Crippen LogP contribution in [0, 0.1) is 5.82 Å². The molecule has 0 bridgehead atoms. The fraction of sp³-hybridized carbons (Fsp3) is 0. The molecule has 0 amide bonds. The molecule has 0 aliphatic carbocycles. The minimum atomic E-state index is -0.501. The standard InChI is InChI=1S/C12H6BrCl2FN4/c13-9-5-20-2-1-17-12(20)11(18-9)19-10-7(14)3-6(16)4-8(10)15/h1-5H,(H,18,19). The van der Waals surface area contributed by atoms with Gasteiger partial charge in [-0.05, 0) is 28.1 Å². The zero-order chi connectivity index (χ0) is 14.3. The Morgan fingerprint density at radius 1 is 1.25 bits per heavy atom. The van der Waals surface area contributed by atoms with Crippen LogP contribution in [0.1, 0.15) is 0 Å². The molecule has 0 fully saturated rings. The summed E-state index contributed by atoms with van der Waals surface area (Å²) < 4.78 is 15.6. The summed E-state index contributed by atoms with van der Waals surface area (Å²) in [6.45, 7) is 0. The SMILES string of the molecule is Fc1cc(Cl)c(Nc2nc(Br)cn3ccnc23)c(Cl)c1. The van der Waals surface area contributed by atoms with E-state index in [1.807, 2.05) is 0 Å². The van der Waals surface area contributed by atoms with Crippen LogP contribution in [0.2, 0.25) is 10.0 Å². The number of hydrogen-bond donors (Lipinski definition) is 1. The third-order valence-electron chi connectivity index (χ3n) is 2.59. The molecule has 0 saturated heterocycles. The molecular weight excluding hydrogens is 370 g/mol. The number of aromatic nitrogens is 3. The quantitative estimate of drug-likeness (QED) is 0.706. The number of nitrogens with zero attached hydrogens (tertiary/aromatic N) is 3. The van der Waals surface area contributed by atoms with Gasteiger partial charge in [-0.2, -0.15) is 0 Å². The van der Waals surface area contributed by atoms with Gasteiger partial charge in [-0.1, -0.05) is 23.2 Å². The van der Waals surface area contributed by atoms with Crippen molar-refractivity contribution in [3.05, 3.63) is 51.2 Å². The molecule has 2 aromatic heterocycles. The minimum Gasteiger partial charge on any atom is -0.335 e. The fourth-order valence-corrected chi connectivity index (χ4v) is 2.72. The summed E-state index contributed by atoms with van der Waals surface area (Å²) in [7, 11) is 0. The molecule has 102 valence electrons. The Hall–Kier alpha value is -1.37. The number of halogens is 4. The molecule has 0 saturated carbocycles. The highest BCUT2D eigenvalue weighted by Crippen LogP contribution is 2.34. The van der Waals surface area contributed by atoms with Crippen molar-refractivity contribution in [2.45, 2.75) is 0 Å². The maximum Gasteiger partial charge on any atom is 0.180 e. The average molecular weight is 376 g/mol. The predicted molar refractivity (Wildman–Crippen MR) is 80.4 cm³/mol. The molecule has 20 heavy (non-hydrogen) atoms. The van der Waals surface area contributed by atoms with Gasteiger partial charge in [-0.15, -0.1) is 0 Å². The van der Waals surface area contributed by atoms with Crippen LogP contribution >= 0.6 is 39.1 Å². The van der Waals surface area contributed by atoms with Crippen LogP contribution in [0.15, 0.2) is 35.3 Å². The molecular formula is C12H6BrCl2FN4.